The van der Waals surface area contributed by atoms with Crippen molar-refractivity contribution in [2.24, 2.45) is 5.41 Å². The molecule has 2 heterocycles. The second-order valence-corrected chi connectivity index (χ2v) is 6.48. The van der Waals surface area contributed by atoms with Crippen LogP contribution in [0.25, 0.3) is 0 Å². The van der Waals surface area contributed by atoms with E-state index in [0.717, 1.165) is 25.9 Å². The minimum atomic E-state index is 0.0299. The lowest BCUT2D eigenvalue weighted by Crippen LogP contribution is -2.42. The Morgan fingerprint density at radius 3 is 2.45 bits per heavy atom. The summed E-state index contributed by atoms with van der Waals surface area (Å²) in [7, 11) is 1.78. The molecule has 0 bridgehead atoms. The number of aromatic nitrogens is 1. The summed E-state index contributed by atoms with van der Waals surface area (Å²) in [5.41, 5.74) is 6.26. The van der Waals surface area contributed by atoms with E-state index in [1.807, 2.05) is 4.90 Å². The van der Waals surface area contributed by atoms with Crippen molar-refractivity contribution in [3.8, 4) is 0 Å². The van der Waals surface area contributed by atoms with Gasteiger partial charge in [0.05, 0.1) is 0 Å². The molecule has 0 radical (unpaired) electrons. The fraction of sp³-hybridized carbons (Fsp3) is 0.714. The minimum Gasteiger partial charge on any atom is -0.382 e. The highest BCUT2D eigenvalue weighted by Crippen LogP contribution is 2.38. The third-order valence-corrected chi connectivity index (χ3v) is 5.75. The first-order valence-corrected chi connectivity index (χ1v) is 8.10. The molecule has 0 aliphatic carbocycles. The molecular formula is C14H24N4OS. The fourth-order valence-electron chi connectivity index (χ4n) is 2.88. The van der Waals surface area contributed by atoms with Crippen LogP contribution in [0.2, 0.25) is 0 Å². The first kappa shape index (κ1) is 15.1. The number of amides is 1. The van der Waals surface area contributed by atoms with Crippen LogP contribution in [-0.2, 0) is 0 Å². The first-order chi connectivity index (χ1) is 9.55. The van der Waals surface area contributed by atoms with Gasteiger partial charge in [0.15, 0.2) is 5.13 Å². The zero-order valence-corrected chi connectivity index (χ0v) is 13.3. The predicted octanol–water partition coefficient (Wildman–Crippen LogP) is 2.81. The summed E-state index contributed by atoms with van der Waals surface area (Å²) in [5.74, 6) is 0.370. The number of carbonyl (C=O) groups is 1. The number of nitrogens with one attached hydrogen (secondary N) is 1. The van der Waals surface area contributed by atoms with Crippen LogP contribution in [0.4, 0.5) is 10.9 Å². The zero-order valence-electron chi connectivity index (χ0n) is 12.5. The largest absolute Gasteiger partial charge is 0.382 e. The second-order valence-electron chi connectivity index (χ2n) is 5.48. The van der Waals surface area contributed by atoms with Crippen LogP contribution < -0.4 is 11.1 Å². The number of nitrogens with zero attached hydrogens (tertiary/aromatic N) is 2. The van der Waals surface area contributed by atoms with Crippen LogP contribution in [0.3, 0.4) is 0 Å². The van der Waals surface area contributed by atoms with E-state index in [4.69, 9.17) is 5.73 Å². The maximum absolute atomic E-state index is 12.5. The van der Waals surface area contributed by atoms with Crippen molar-refractivity contribution in [3.05, 3.63) is 4.88 Å². The number of carbonyl (C=O) groups excluding carboxylic acids is 1. The van der Waals surface area contributed by atoms with E-state index in [9.17, 15) is 4.79 Å². The van der Waals surface area contributed by atoms with E-state index in [1.54, 1.807) is 7.05 Å². The molecule has 1 aliphatic rings. The number of anilines is 2. The SMILES string of the molecule is CCC1(CC)CCN(C(=O)c2sc(NC)nc2N)CC1. The maximum Gasteiger partial charge on any atom is 0.267 e. The van der Waals surface area contributed by atoms with Crippen molar-refractivity contribution < 1.29 is 4.79 Å². The van der Waals surface area contributed by atoms with Crippen LogP contribution in [0.1, 0.15) is 49.2 Å². The van der Waals surface area contributed by atoms with Gasteiger partial charge in [0, 0.05) is 20.1 Å². The lowest BCUT2D eigenvalue weighted by atomic mass is 9.74. The van der Waals surface area contributed by atoms with Gasteiger partial charge in [-0.1, -0.05) is 38.0 Å². The van der Waals surface area contributed by atoms with Gasteiger partial charge >= 0.3 is 0 Å². The molecule has 0 saturated carbocycles. The van der Waals surface area contributed by atoms with Crippen LogP contribution in [-0.4, -0.2) is 35.9 Å². The molecule has 0 atom stereocenters. The lowest BCUT2D eigenvalue weighted by molar-refractivity contribution is 0.0563. The van der Waals surface area contributed by atoms with Crippen molar-refractivity contribution >= 4 is 28.2 Å². The molecule has 3 N–H and O–H groups in total. The molecule has 5 nitrogen and oxygen atoms in total. The van der Waals surface area contributed by atoms with Crippen molar-refractivity contribution in [3.63, 3.8) is 0 Å². The average molecular weight is 296 g/mol. The number of nitrogens with two attached hydrogens (primary N) is 1. The third kappa shape index (κ3) is 2.75. The molecule has 20 heavy (non-hydrogen) atoms. The Bertz CT molecular complexity index is 472. The van der Waals surface area contributed by atoms with Gasteiger partial charge < -0.3 is 16.0 Å². The van der Waals surface area contributed by atoms with Gasteiger partial charge in [0.2, 0.25) is 0 Å². The second kappa shape index (κ2) is 5.99. The van der Waals surface area contributed by atoms with Gasteiger partial charge in [-0.3, -0.25) is 4.79 Å². The molecule has 0 unspecified atom stereocenters. The Hall–Kier alpha value is -1.30. The summed E-state index contributed by atoms with van der Waals surface area (Å²) in [6.07, 6.45) is 4.56. The number of thiazole rings is 1. The molecule has 112 valence electrons. The summed E-state index contributed by atoms with van der Waals surface area (Å²) < 4.78 is 0. The van der Waals surface area contributed by atoms with Gasteiger partial charge in [-0.2, -0.15) is 0 Å². The van der Waals surface area contributed by atoms with Crippen LogP contribution in [0.15, 0.2) is 0 Å². The summed E-state index contributed by atoms with van der Waals surface area (Å²) in [5, 5.41) is 3.63. The van der Waals surface area contributed by atoms with E-state index in [1.165, 1.54) is 24.2 Å². The fourth-order valence-corrected chi connectivity index (χ4v) is 3.68. The summed E-state index contributed by atoms with van der Waals surface area (Å²) >= 11 is 1.33. The molecular weight excluding hydrogens is 272 g/mol. The quantitative estimate of drug-likeness (QED) is 0.896. The highest BCUT2D eigenvalue weighted by Gasteiger charge is 2.34. The summed E-state index contributed by atoms with van der Waals surface area (Å²) in [4.78, 5) is 19.2. The monoisotopic (exact) mass is 296 g/mol. The van der Waals surface area contributed by atoms with Crippen LogP contribution in [0.5, 0.6) is 0 Å². The van der Waals surface area contributed by atoms with Gasteiger partial charge in [-0.05, 0) is 18.3 Å². The first-order valence-electron chi connectivity index (χ1n) is 7.28. The normalized spacial score (nSPS) is 18.1. The lowest BCUT2D eigenvalue weighted by Gasteiger charge is -2.40. The van der Waals surface area contributed by atoms with E-state index in [0.29, 0.717) is 21.2 Å². The Morgan fingerprint density at radius 2 is 2.00 bits per heavy atom. The smallest absolute Gasteiger partial charge is 0.267 e. The number of hydrogen-bond acceptors (Lipinski definition) is 5. The number of likely N-dealkylation sites (tertiary alicyclic amines) is 1. The number of hydrogen-bond donors (Lipinski definition) is 2. The minimum absolute atomic E-state index is 0.0299. The number of rotatable bonds is 4. The Morgan fingerprint density at radius 1 is 1.40 bits per heavy atom. The molecule has 1 fully saturated rings. The molecule has 1 saturated heterocycles. The van der Waals surface area contributed by atoms with Crippen molar-refractivity contribution in [2.75, 3.05) is 31.2 Å². The molecule has 0 spiro atoms. The highest BCUT2D eigenvalue weighted by atomic mass is 32.1. The van der Waals surface area contributed by atoms with Crippen molar-refractivity contribution in [1.82, 2.24) is 9.88 Å². The molecule has 0 aromatic carbocycles. The predicted molar refractivity (Wildman–Crippen MR) is 84.2 cm³/mol. The maximum atomic E-state index is 12.5. The number of nitrogen functional groups attached to an aromatic ring is 1. The van der Waals surface area contributed by atoms with E-state index < -0.39 is 0 Å². The molecule has 1 aromatic heterocycles. The topological polar surface area (TPSA) is 71.2 Å². The van der Waals surface area contributed by atoms with Gasteiger partial charge in [0.25, 0.3) is 5.91 Å². The third-order valence-electron chi connectivity index (χ3n) is 4.67. The van der Waals surface area contributed by atoms with E-state index >= 15 is 0 Å². The average Bonchev–Trinajstić information content (AvgIpc) is 2.88. The highest BCUT2D eigenvalue weighted by molar-refractivity contribution is 7.18. The van der Waals surface area contributed by atoms with Crippen LogP contribution in [0, 0.1) is 5.41 Å². The summed E-state index contributed by atoms with van der Waals surface area (Å²) in [6, 6.07) is 0. The zero-order chi connectivity index (χ0) is 14.8. The standard InChI is InChI=1S/C14H24N4OS/c1-4-14(5-2)6-8-18(9-7-14)12(19)10-11(15)17-13(16-3)20-10/h4-9,15H2,1-3H3,(H,16,17). The Kier molecular flexibility index (Phi) is 4.52. The van der Waals surface area contributed by atoms with E-state index in [2.05, 4.69) is 24.1 Å². The van der Waals surface area contributed by atoms with Gasteiger partial charge in [-0.25, -0.2) is 4.98 Å². The molecule has 1 amide bonds. The van der Waals surface area contributed by atoms with Gasteiger partial charge in [-0.15, -0.1) is 0 Å². The molecule has 6 heteroatoms. The summed E-state index contributed by atoms with van der Waals surface area (Å²) in [6.45, 7) is 6.15. The van der Waals surface area contributed by atoms with Crippen LogP contribution >= 0.6 is 11.3 Å². The molecule has 1 aliphatic heterocycles. The van der Waals surface area contributed by atoms with Crippen molar-refractivity contribution in [2.45, 2.75) is 39.5 Å². The molecule has 2 rings (SSSR count). The Labute approximate surface area is 124 Å². The van der Waals surface area contributed by atoms with Crippen molar-refractivity contribution in [1.29, 1.82) is 0 Å². The Balaban J connectivity index is 2.06. The number of piperidine rings is 1. The molecule has 1 aromatic rings. The van der Waals surface area contributed by atoms with E-state index in [-0.39, 0.29) is 5.91 Å². The van der Waals surface area contributed by atoms with Gasteiger partial charge in [0.1, 0.15) is 10.7 Å².